The van der Waals surface area contributed by atoms with Crippen LogP contribution in [-0.2, 0) is 0 Å². The van der Waals surface area contributed by atoms with Crippen LogP contribution >= 0.6 is 0 Å². The van der Waals surface area contributed by atoms with E-state index in [1.54, 1.807) is 0 Å². The van der Waals surface area contributed by atoms with Gasteiger partial charge in [0, 0.05) is 39.3 Å². The fourth-order valence-corrected chi connectivity index (χ4v) is 2.07. The van der Waals surface area contributed by atoms with Crippen molar-refractivity contribution < 1.29 is 0 Å². The maximum Gasteiger partial charge on any atom is 0.0104 e. The Bertz CT molecular complexity index is 246. The third-order valence-corrected chi connectivity index (χ3v) is 3.65. The first-order valence-electron chi connectivity index (χ1n) is 8.41. The monoisotopic (exact) mass is 300 g/mol. The standard InChI is InChI=1S/C17H40N4/c1-16(2,3)14-20-11-13-21(7)12-8-17(4,5)15-19-10-9-18-6/h18-20H,8-15H2,1-7H3. The van der Waals surface area contributed by atoms with Gasteiger partial charge in [0.15, 0.2) is 0 Å². The molecule has 0 heterocycles. The van der Waals surface area contributed by atoms with Crippen LogP contribution in [0.5, 0.6) is 0 Å². The van der Waals surface area contributed by atoms with Crippen molar-refractivity contribution in [1.29, 1.82) is 0 Å². The third kappa shape index (κ3) is 14.5. The molecule has 0 bridgehead atoms. The minimum Gasteiger partial charge on any atom is -0.318 e. The minimum absolute atomic E-state index is 0.362. The van der Waals surface area contributed by atoms with Gasteiger partial charge in [0.2, 0.25) is 0 Å². The molecule has 3 N–H and O–H groups in total. The van der Waals surface area contributed by atoms with Crippen LogP contribution in [0.1, 0.15) is 41.0 Å². The fraction of sp³-hybridized carbons (Fsp3) is 1.00. The molecule has 0 amide bonds. The van der Waals surface area contributed by atoms with Gasteiger partial charge in [0.1, 0.15) is 0 Å². The molecule has 21 heavy (non-hydrogen) atoms. The van der Waals surface area contributed by atoms with Gasteiger partial charge in [-0.3, -0.25) is 0 Å². The zero-order chi connectivity index (χ0) is 16.4. The minimum atomic E-state index is 0.362. The highest BCUT2D eigenvalue weighted by Gasteiger charge is 2.17. The molecule has 0 fully saturated rings. The smallest absolute Gasteiger partial charge is 0.0104 e. The highest BCUT2D eigenvalue weighted by molar-refractivity contribution is 4.74. The van der Waals surface area contributed by atoms with Crippen molar-refractivity contribution in [2.45, 2.75) is 41.0 Å². The average molecular weight is 301 g/mol. The molecule has 0 radical (unpaired) electrons. The van der Waals surface area contributed by atoms with Crippen molar-refractivity contribution in [1.82, 2.24) is 20.9 Å². The van der Waals surface area contributed by atoms with E-state index in [2.05, 4.69) is 62.5 Å². The number of nitrogens with zero attached hydrogens (tertiary/aromatic N) is 1. The van der Waals surface area contributed by atoms with E-state index < -0.39 is 0 Å². The molecule has 0 aromatic heterocycles. The van der Waals surface area contributed by atoms with Crippen LogP contribution in [0.4, 0.5) is 0 Å². The summed E-state index contributed by atoms with van der Waals surface area (Å²) in [6.45, 7) is 19.1. The summed E-state index contributed by atoms with van der Waals surface area (Å²) < 4.78 is 0. The second-order valence-corrected chi connectivity index (χ2v) is 8.24. The SMILES string of the molecule is CNCCNCC(C)(C)CCN(C)CCNCC(C)(C)C. The number of likely N-dealkylation sites (N-methyl/N-ethyl adjacent to an activating group) is 2. The summed E-state index contributed by atoms with van der Waals surface area (Å²) in [6.07, 6.45) is 1.23. The normalized spacial score (nSPS) is 13.1. The van der Waals surface area contributed by atoms with Crippen LogP contribution in [0.15, 0.2) is 0 Å². The van der Waals surface area contributed by atoms with Gasteiger partial charge in [-0.25, -0.2) is 0 Å². The van der Waals surface area contributed by atoms with Crippen molar-refractivity contribution >= 4 is 0 Å². The molecular formula is C17H40N4. The lowest BCUT2D eigenvalue weighted by molar-refractivity contribution is 0.239. The molecule has 0 aromatic carbocycles. The first kappa shape index (κ1) is 20.8. The summed E-state index contributed by atoms with van der Waals surface area (Å²) in [5.41, 5.74) is 0.737. The van der Waals surface area contributed by atoms with Gasteiger partial charge in [-0.05, 0) is 37.9 Å². The number of hydrogen-bond acceptors (Lipinski definition) is 4. The van der Waals surface area contributed by atoms with E-state index in [0.717, 1.165) is 45.8 Å². The Morgan fingerprint density at radius 2 is 1.43 bits per heavy atom. The highest BCUT2D eigenvalue weighted by atomic mass is 15.1. The topological polar surface area (TPSA) is 39.3 Å². The molecule has 128 valence electrons. The summed E-state index contributed by atoms with van der Waals surface area (Å²) in [5, 5.41) is 10.2. The molecule has 0 saturated carbocycles. The van der Waals surface area contributed by atoms with Crippen LogP contribution < -0.4 is 16.0 Å². The van der Waals surface area contributed by atoms with Crippen LogP contribution in [0.25, 0.3) is 0 Å². The Kier molecular flexibility index (Phi) is 10.5. The summed E-state index contributed by atoms with van der Waals surface area (Å²) in [6, 6.07) is 0. The van der Waals surface area contributed by atoms with Crippen LogP contribution in [-0.4, -0.2) is 64.8 Å². The van der Waals surface area contributed by atoms with Gasteiger partial charge in [-0.2, -0.15) is 0 Å². The number of hydrogen-bond donors (Lipinski definition) is 3. The van der Waals surface area contributed by atoms with Crippen molar-refractivity contribution in [2.75, 3.05) is 59.9 Å². The van der Waals surface area contributed by atoms with Crippen LogP contribution in [0, 0.1) is 10.8 Å². The first-order chi connectivity index (χ1) is 9.66. The Balaban J connectivity index is 3.68. The Morgan fingerprint density at radius 1 is 0.810 bits per heavy atom. The molecule has 4 nitrogen and oxygen atoms in total. The van der Waals surface area contributed by atoms with E-state index in [0.29, 0.717) is 10.8 Å². The van der Waals surface area contributed by atoms with Gasteiger partial charge in [0.25, 0.3) is 0 Å². The zero-order valence-corrected chi connectivity index (χ0v) is 15.6. The van der Waals surface area contributed by atoms with E-state index in [4.69, 9.17) is 0 Å². The summed E-state index contributed by atoms with van der Waals surface area (Å²) in [4.78, 5) is 2.44. The summed E-state index contributed by atoms with van der Waals surface area (Å²) >= 11 is 0. The first-order valence-corrected chi connectivity index (χ1v) is 8.41. The summed E-state index contributed by atoms with van der Waals surface area (Å²) in [5.74, 6) is 0. The zero-order valence-electron chi connectivity index (χ0n) is 15.6. The summed E-state index contributed by atoms with van der Waals surface area (Å²) in [7, 11) is 4.22. The van der Waals surface area contributed by atoms with E-state index >= 15 is 0 Å². The Hall–Kier alpha value is -0.160. The van der Waals surface area contributed by atoms with Crippen molar-refractivity contribution in [3.8, 4) is 0 Å². The molecule has 0 aliphatic carbocycles. The third-order valence-electron chi connectivity index (χ3n) is 3.65. The molecule has 4 heteroatoms. The van der Waals surface area contributed by atoms with Gasteiger partial charge in [-0.1, -0.05) is 34.6 Å². The molecule has 0 aliphatic rings. The average Bonchev–Trinajstić information content (AvgIpc) is 2.37. The molecule has 0 aliphatic heterocycles. The van der Waals surface area contributed by atoms with Gasteiger partial charge in [-0.15, -0.1) is 0 Å². The Labute approximate surface area is 133 Å². The van der Waals surface area contributed by atoms with E-state index in [1.807, 2.05) is 7.05 Å². The van der Waals surface area contributed by atoms with Crippen molar-refractivity contribution in [3.63, 3.8) is 0 Å². The van der Waals surface area contributed by atoms with Crippen molar-refractivity contribution in [3.05, 3.63) is 0 Å². The van der Waals surface area contributed by atoms with E-state index in [1.165, 1.54) is 6.42 Å². The predicted molar refractivity (Wildman–Crippen MR) is 95.0 cm³/mol. The predicted octanol–water partition coefficient (Wildman–Crippen LogP) is 1.78. The quantitative estimate of drug-likeness (QED) is 0.481. The molecule has 0 saturated heterocycles. The lowest BCUT2D eigenvalue weighted by Crippen LogP contribution is -2.37. The largest absolute Gasteiger partial charge is 0.318 e. The lowest BCUT2D eigenvalue weighted by Gasteiger charge is -2.28. The molecule has 0 unspecified atom stereocenters. The maximum atomic E-state index is 3.54. The van der Waals surface area contributed by atoms with E-state index in [9.17, 15) is 0 Å². The molecule has 0 atom stereocenters. The van der Waals surface area contributed by atoms with Crippen LogP contribution in [0.3, 0.4) is 0 Å². The van der Waals surface area contributed by atoms with Gasteiger partial charge in [0.05, 0.1) is 0 Å². The number of rotatable bonds is 12. The lowest BCUT2D eigenvalue weighted by atomic mass is 9.89. The van der Waals surface area contributed by atoms with Crippen molar-refractivity contribution in [2.24, 2.45) is 10.8 Å². The molecule has 0 spiro atoms. The van der Waals surface area contributed by atoms with Gasteiger partial charge >= 0.3 is 0 Å². The molecular weight excluding hydrogens is 260 g/mol. The van der Waals surface area contributed by atoms with E-state index in [-0.39, 0.29) is 0 Å². The molecule has 0 aromatic rings. The fourth-order valence-electron chi connectivity index (χ4n) is 2.07. The Morgan fingerprint density at radius 3 is 2.00 bits per heavy atom. The molecule has 0 rings (SSSR count). The highest BCUT2D eigenvalue weighted by Crippen LogP contribution is 2.19. The maximum absolute atomic E-state index is 3.54. The van der Waals surface area contributed by atoms with Crippen LogP contribution in [0.2, 0.25) is 0 Å². The number of nitrogens with one attached hydrogen (secondary N) is 3. The van der Waals surface area contributed by atoms with Gasteiger partial charge < -0.3 is 20.9 Å². The second-order valence-electron chi connectivity index (χ2n) is 8.24. The second kappa shape index (κ2) is 10.5.